The lowest BCUT2D eigenvalue weighted by atomic mass is 9.80. The van der Waals surface area contributed by atoms with Gasteiger partial charge in [-0.25, -0.2) is 13.9 Å². The van der Waals surface area contributed by atoms with Gasteiger partial charge in [0.25, 0.3) is 5.91 Å². The van der Waals surface area contributed by atoms with E-state index in [4.69, 9.17) is 4.74 Å². The van der Waals surface area contributed by atoms with Crippen molar-refractivity contribution in [2.45, 2.75) is 31.3 Å². The van der Waals surface area contributed by atoms with Crippen molar-refractivity contribution >= 4 is 21.8 Å². The monoisotopic (exact) mass is 447 g/mol. The molecule has 1 aliphatic heterocycles. The largest absolute Gasteiger partial charge is 0.497 e. The number of carbonyl (C=O) groups is 2. The number of benzene rings is 2. The quantitative estimate of drug-likeness (QED) is 0.513. The Hall–Kier alpha value is -2.95. The summed E-state index contributed by atoms with van der Waals surface area (Å²) >= 11 is 0. The van der Waals surface area contributed by atoms with E-state index in [0.29, 0.717) is 5.75 Å². The normalized spacial score (nSPS) is 19.2. The molecule has 10 heteroatoms. The molecular weight excluding hydrogens is 422 g/mol. The Morgan fingerprint density at radius 1 is 1.16 bits per heavy atom. The van der Waals surface area contributed by atoms with Crippen LogP contribution in [-0.4, -0.2) is 54.5 Å². The molecule has 0 bridgehead atoms. The molecule has 2 amide bonds. The van der Waals surface area contributed by atoms with E-state index in [1.54, 1.807) is 0 Å². The minimum absolute atomic E-state index is 0.0613. The Bertz CT molecular complexity index is 1050. The van der Waals surface area contributed by atoms with Gasteiger partial charge in [-0.15, -0.1) is 0 Å². The zero-order valence-electron chi connectivity index (χ0n) is 17.5. The van der Waals surface area contributed by atoms with Crippen molar-refractivity contribution in [2.75, 3.05) is 13.8 Å². The molecule has 1 heterocycles. The molecule has 9 nitrogen and oxygen atoms in total. The van der Waals surface area contributed by atoms with E-state index in [-0.39, 0.29) is 18.1 Å². The second-order valence-electron chi connectivity index (χ2n) is 7.80. The number of methoxy groups -OCH3 is 1. The Labute approximate surface area is 181 Å². The summed E-state index contributed by atoms with van der Waals surface area (Å²) in [5, 5.41) is 9.27. The van der Waals surface area contributed by atoms with Gasteiger partial charge < -0.3 is 9.64 Å². The number of amides is 2. The predicted octanol–water partition coefficient (Wildman–Crippen LogP) is 1.59. The van der Waals surface area contributed by atoms with E-state index in [1.807, 2.05) is 30.3 Å². The molecule has 2 aromatic carbocycles. The molecule has 2 N–H and O–H groups in total. The van der Waals surface area contributed by atoms with Gasteiger partial charge in [0.15, 0.2) is 0 Å². The molecule has 1 fully saturated rings. The average molecular weight is 448 g/mol. The van der Waals surface area contributed by atoms with Gasteiger partial charge in [-0.3, -0.25) is 14.8 Å². The summed E-state index contributed by atoms with van der Waals surface area (Å²) in [6.45, 7) is 2.81. The SMILES string of the molecule is COc1ccc(S(=O)(=O)N2CN(Cc3ccccc3)C(=O)C(C)(C)C2C(=O)NO)cc1. The third-order valence-electron chi connectivity index (χ3n) is 5.36. The lowest BCUT2D eigenvalue weighted by molar-refractivity contribution is -0.161. The van der Waals surface area contributed by atoms with Crippen LogP contribution in [0.5, 0.6) is 5.75 Å². The first-order valence-corrected chi connectivity index (χ1v) is 11.0. The minimum atomic E-state index is -4.20. The van der Waals surface area contributed by atoms with E-state index in [0.717, 1.165) is 9.87 Å². The van der Waals surface area contributed by atoms with Crippen LogP contribution in [0.3, 0.4) is 0 Å². The molecule has 1 unspecified atom stereocenters. The van der Waals surface area contributed by atoms with Crippen molar-refractivity contribution in [3.8, 4) is 5.75 Å². The lowest BCUT2D eigenvalue weighted by Crippen LogP contribution is -2.67. The second kappa shape index (κ2) is 8.66. The maximum absolute atomic E-state index is 13.5. The number of nitrogens with zero attached hydrogens (tertiary/aromatic N) is 2. The van der Waals surface area contributed by atoms with E-state index in [2.05, 4.69) is 0 Å². The van der Waals surface area contributed by atoms with Gasteiger partial charge >= 0.3 is 0 Å². The summed E-state index contributed by atoms with van der Waals surface area (Å²) in [5.41, 5.74) is 0.898. The first kappa shape index (κ1) is 22.7. The molecule has 0 aromatic heterocycles. The van der Waals surface area contributed by atoms with Crippen LogP contribution in [0.1, 0.15) is 19.4 Å². The average Bonchev–Trinajstić information content (AvgIpc) is 2.77. The number of sulfonamides is 1. The Balaban J connectivity index is 2.06. The van der Waals surface area contributed by atoms with Crippen molar-refractivity contribution in [3.05, 3.63) is 60.2 Å². The highest BCUT2D eigenvalue weighted by molar-refractivity contribution is 7.89. The smallest absolute Gasteiger partial charge is 0.262 e. The molecule has 3 rings (SSSR count). The van der Waals surface area contributed by atoms with Crippen LogP contribution in [0.25, 0.3) is 0 Å². The van der Waals surface area contributed by atoms with Crippen molar-refractivity contribution < 1.29 is 28.0 Å². The fraction of sp³-hybridized carbons (Fsp3) is 0.333. The van der Waals surface area contributed by atoms with Gasteiger partial charge in [-0.1, -0.05) is 30.3 Å². The highest BCUT2D eigenvalue weighted by atomic mass is 32.2. The summed E-state index contributed by atoms with van der Waals surface area (Å²) in [6, 6.07) is 13.4. The first-order chi connectivity index (χ1) is 14.6. The highest BCUT2D eigenvalue weighted by Gasteiger charge is 2.54. The van der Waals surface area contributed by atoms with E-state index in [9.17, 15) is 23.2 Å². The van der Waals surface area contributed by atoms with Crippen molar-refractivity contribution in [1.82, 2.24) is 14.7 Å². The summed E-state index contributed by atoms with van der Waals surface area (Å²) < 4.78 is 33.0. The lowest BCUT2D eigenvalue weighted by Gasteiger charge is -2.47. The molecule has 0 aliphatic carbocycles. The fourth-order valence-corrected chi connectivity index (χ4v) is 5.42. The predicted molar refractivity (Wildman–Crippen MR) is 111 cm³/mol. The molecule has 0 radical (unpaired) electrons. The maximum atomic E-state index is 13.5. The molecule has 1 atom stereocenters. The maximum Gasteiger partial charge on any atom is 0.262 e. The number of rotatable bonds is 6. The molecule has 1 aliphatic rings. The van der Waals surface area contributed by atoms with Crippen molar-refractivity contribution in [1.29, 1.82) is 0 Å². The van der Waals surface area contributed by atoms with E-state index >= 15 is 0 Å². The fourth-order valence-electron chi connectivity index (χ4n) is 3.74. The van der Waals surface area contributed by atoms with Crippen LogP contribution in [-0.2, 0) is 26.2 Å². The highest BCUT2D eigenvalue weighted by Crippen LogP contribution is 2.37. The van der Waals surface area contributed by atoms with Gasteiger partial charge in [0.2, 0.25) is 15.9 Å². The summed E-state index contributed by atoms with van der Waals surface area (Å²) in [5.74, 6) is -0.899. The molecule has 31 heavy (non-hydrogen) atoms. The number of hydrogen-bond donors (Lipinski definition) is 2. The first-order valence-electron chi connectivity index (χ1n) is 9.56. The summed E-state index contributed by atoms with van der Waals surface area (Å²) in [7, 11) is -2.74. The third-order valence-corrected chi connectivity index (χ3v) is 7.17. The van der Waals surface area contributed by atoms with E-state index in [1.165, 1.54) is 55.6 Å². The Morgan fingerprint density at radius 3 is 2.32 bits per heavy atom. The Kier molecular flexibility index (Phi) is 6.35. The van der Waals surface area contributed by atoms with Crippen LogP contribution >= 0.6 is 0 Å². The van der Waals surface area contributed by atoms with Crippen molar-refractivity contribution in [3.63, 3.8) is 0 Å². The molecule has 0 saturated carbocycles. The Morgan fingerprint density at radius 2 is 1.77 bits per heavy atom. The second-order valence-corrected chi connectivity index (χ2v) is 9.69. The zero-order chi connectivity index (χ0) is 22.8. The summed E-state index contributed by atoms with van der Waals surface area (Å²) in [6.07, 6.45) is 0. The number of nitrogens with one attached hydrogen (secondary N) is 1. The van der Waals surface area contributed by atoms with Crippen LogP contribution in [0, 0.1) is 5.41 Å². The van der Waals surface area contributed by atoms with Crippen LogP contribution in [0.2, 0.25) is 0 Å². The van der Waals surface area contributed by atoms with Crippen molar-refractivity contribution in [2.24, 2.45) is 5.41 Å². The molecule has 1 saturated heterocycles. The summed E-state index contributed by atoms with van der Waals surface area (Å²) in [4.78, 5) is 27.1. The van der Waals surface area contributed by atoms with Gasteiger partial charge in [0.1, 0.15) is 11.8 Å². The number of hydroxylamine groups is 1. The van der Waals surface area contributed by atoms with Gasteiger partial charge in [0, 0.05) is 6.54 Å². The standard InChI is InChI=1S/C21H25N3O6S/c1-21(2)18(19(25)22-27)24(31(28,29)17-11-9-16(30-3)10-12-17)14-23(20(21)26)13-15-7-5-4-6-8-15/h4-12,18,27H,13-14H2,1-3H3,(H,22,25). The molecule has 166 valence electrons. The van der Waals surface area contributed by atoms with Crippen LogP contribution < -0.4 is 10.2 Å². The van der Waals surface area contributed by atoms with Gasteiger partial charge in [-0.05, 0) is 43.7 Å². The molecular formula is C21H25N3O6S. The van der Waals surface area contributed by atoms with Gasteiger partial charge in [-0.2, -0.15) is 4.31 Å². The van der Waals surface area contributed by atoms with Crippen LogP contribution in [0.4, 0.5) is 0 Å². The minimum Gasteiger partial charge on any atom is -0.497 e. The number of ether oxygens (including phenoxy) is 1. The topological polar surface area (TPSA) is 116 Å². The number of hydrogen-bond acceptors (Lipinski definition) is 6. The zero-order valence-corrected chi connectivity index (χ0v) is 18.3. The van der Waals surface area contributed by atoms with Gasteiger partial charge in [0.05, 0.1) is 24.1 Å². The third kappa shape index (κ3) is 4.27. The van der Waals surface area contributed by atoms with E-state index < -0.39 is 33.3 Å². The number of carbonyl (C=O) groups excluding carboxylic acids is 2. The molecule has 2 aromatic rings. The van der Waals surface area contributed by atoms with Crippen LogP contribution in [0.15, 0.2) is 59.5 Å². The molecule has 0 spiro atoms.